The van der Waals surface area contributed by atoms with Gasteiger partial charge in [-0.25, -0.2) is 0 Å². The molecular formula is C24H30N2O. The molecule has 1 unspecified atom stereocenters. The molecule has 27 heavy (non-hydrogen) atoms. The fourth-order valence-electron chi connectivity index (χ4n) is 3.47. The maximum absolute atomic E-state index is 10.1. The van der Waals surface area contributed by atoms with Crippen LogP contribution in [0.3, 0.4) is 0 Å². The minimum Gasteiger partial charge on any atom is -0.507 e. The van der Waals surface area contributed by atoms with Gasteiger partial charge in [-0.15, -0.1) is 0 Å². The van der Waals surface area contributed by atoms with Crippen LogP contribution in [0.4, 0.5) is 5.69 Å². The maximum Gasteiger partial charge on any atom is 0.123 e. The molecule has 3 aromatic carbocycles. The van der Waals surface area contributed by atoms with Crippen molar-refractivity contribution < 1.29 is 5.11 Å². The van der Waals surface area contributed by atoms with Gasteiger partial charge in [0.05, 0.1) is 0 Å². The first kappa shape index (κ1) is 19.2. The number of phenolic OH excluding ortho intramolecular Hbond substituents is 1. The van der Waals surface area contributed by atoms with Crippen molar-refractivity contribution in [1.29, 1.82) is 0 Å². The molecule has 0 amide bonds. The number of anilines is 1. The Kier molecular flexibility index (Phi) is 7.11. The fraction of sp³-hybridized carbons (Fsp3) is 0.333. The topological polar surface area (TPSA) is 44.3 Å². The van der Waals surface area contributed by atoms with E-state index in [-0.39, 0.29) is 0 Å². The van der Waals surface area contributed by atoms with Crippen LogP contribution in [0.2, 0.25) is 0 Å². The first-order valence-corrected chi connectivity index (χ1v) is 10.00. The van der Waals surface area contributed by atoms with Gasteiger partial charge in [0.15, 0.2) is 0 Å². The minimum absolute atomic E-state index is 0.333. The molecule has 3 rings (SSSR count). The minimum atomic E-state index is 0.333. The molecule has 0 saturated carbocycles. The second-order valence-electron chi connectivity index (χ2n) is 7.09. The van der Waals surface area contributed by atoms with E-state index in [9.17, 15) is 5.11 Å². The van der Waals surface area contributed by atoms with Crippen LogP contribution in [-0.2, 0) is 6.42 Å². The third-order valence-corrected chi connectivity index (χ3v) is 5.03. The Morgan fingerprint density at radius 1 is 0.889 bits per heavy atom. The van der Waals surface area contributed by atoms with Crippen molar-refractivity contribution in [3.05, 3.63) is 72.3 Å². The number of hydrogen-bond donors (Lipinski definition) is 3. The van der Waals surface area contributed by atoms with Crippen LogP contribution < -0.4 is 10.6 Å². The number of unbranched alkanes of at least 4 members (excludes halogenated alkanes) is 1. The molecule has 3 N–H and O–H groups in total. The van der Waals surface area contributed by atoms with Crippen LogP contribution in [0, 0.1) is 0 Å². The quantitative estimate of drug-likeness (QED) is 0.456. The summed E-state index contributed by atoms with van der Waals surface area (Å²) >= 11 is 0. The summed E-state index contributed by atoms with van der Waals surface area (Å²) in [5.74, 6) is 0.333. The molecule has 3 heteroatoms. The molecule has 3 aromatic rings. The number of rotatable bonds is 10. The zero-order chi connectivity index (χ0) is 18.9. The highest BCUT2D eigenvalue weighted by molar-refractivity contribution is 5.97. The molecule has 0 bridgehead atoms. The highest BCUT2D eigenvalue weighted by Gasteiger charge is 2.09. The molecule has 0 saturated heterocycles. The summed E-state index contributed by atoms with van der Waals surface area (Å²) in [6, 6.07) is 22.8. The van der Waals surface area contributed by atoms with E-state index in [4.69, 9.17) is 0 Å². The average Bonchev–Trinajstić information content (AvgIpc) is 2.71. The zero-order valence-electron chi connectivity index (χ0n) is 16.1. The van der Waals surface area contributed by atoms with Gasteiger partial charge >= 0.3 is 0 Å². The normalized spacial score (nSPS) is 12.2. The molecule has 0 spiro atoms. The lowest BCUT2D eigenvalue weighted by molar-refractivity contribution is 0.481. The van der Waals surface area contributed by atoms with E-state index < -0.39 is 0 Å². The molecule has 0 aliphatic heterocycles. The molecule has 142 valence electrons. The summed E-state index contributed by atoms with van der Waals surface area (Å²) in [6.07, 6.45) is 4.64. The van der Waals surface area contributed by atoms with Crippen LogP contribution in [0.25, 0.3) is 10.8 Å². The highest BCUT2D eigenvalue weighted by Crippen LogP contribution is 2.29. The lowest BCUT2D eigenvalue weighted by Crippen LogP contribution is -2.36. The van der Waals surface area contributed by atoms with E-state index >= 15 is 0 Å². The van der Waals surface area contributed by atoms with Gasteiger partial charge in [0.1, 0.15) is 5.75 Å². The summed E-state index contributed by atoms with van der Waals surface area (Å²) in [5.41, 5.74) is 2.45. The van der Waals surface area contributed by atoms with Crippen molar-refractivity contribution in [2.75, 3.05) is 18.4 Å². The SMILES string of the molecule is CCCCC(CNc1cccc2c(O)cccc12)NCCc1ccccc1. The van der Waals surface area contributed by atoms with Crippen LogP contribution in [0.5, 0.6) is 5.75 Å². The van der Waals surface area contributed by atoms with E-state index in [2.05, 4.69) is 60.0 Å². The van der Waals surface area contributed by atoms with Crippen LogP contribution in [0.1, 0.15) is 31.7 Å². The van der Waals surface area contributed by atoms with Gasteiger partial charge in [-0.3, -0.25) is 0 Å². The third kappa shape index (κ3) is 5.48. The Morgan fingerprint density at radius 3 is 2.48 bits per heavy atom. The first-order valence-electron chi connectivity index (χ1n) is 10.00. The second kappa shape index (κ2) is 9.98. The monoisotopic (exact) mass is 362 g/mol. The number of nitrogens with one attached hydrogen (secondary N) is 2. The van der Waals surface area contributed by atoms with Gasteiger partial charge in [0.25, 0.3) is 0 Å². The van der Waals surface area contributed by atoms with Gasteiger partial charge in [0, 0.05) is 29.0 Å². The molecule has 0 radical (unpaired) electrons. The number of fused-ring (bicyclic) bond motifs is 1. The summed E-state index contributed by atoms with van der Waals surface area (Å²) in [7, 11) is 0. The first-order chi connectivity index (χ1) is 13.3. The van der Waals surface area contributed by atoms with Crippen molar-refractivity contribution >= 4 is 16.5 Å². The smallest absolute Gasteiger partial charge is 0.123 e. The summed E-state index contributed by atoms with van der Waals surface area (Å²) in [5, 5.41) is 19.4. The molecule has 0 heterocycles. The number of aromatic hydroxyl groups is 1. The van der Waals surface area contributed by atoms with E-state index in [1.165, 1.54) is 18.4 Å². The lowest BCUT2D eigenvalue weighted by Gasteiger charge is -2.21. The molecule has 3 nitrogen and oxygen atoms in total. The van der Waals surface area contributed by atoms with Crippen LogP contribution in [-0.4, -0.2) is 24.2 Å². The summed E-state index contributed by atoms with van der Waals surface area (Å²) in [6.45, 7) is 4.10. The van der Waals surface area contributed by atoms with Crippen molar-refractivity contribution in [3.8, 4) is 5.75 Å². The Balaban J connectivity index is 1.60. The van der Waals surface area contributed by atoms with Crippen LogP contribution in [0.15, 0.2) is 66.7 Å². The van der Waals surface area contributed by atoms with Gasteiger partial charge in [0.2, 0.25) is 0 Å². The molecule has 0 aromatic heterocycles. The number of phenols is 1. The van der Waals surface area contributed by atoms with E-state index in [0.717, 1.165) is 42.4 Å². The molecule has 0 aliphatic rings. The van der Waals surface area contributed by atoms with Crippen LogP contribution >= 0.6 is 0 Å². The Bertz CT molecular complexity index is 832. The Morgan fingerprint density at radius 2 is 1.67 bits per heavy atom. The fourth-order valence-corrected chi connectivity index (χ4v) is 3.47. The standard InChI is InChI=1S/C24H30N2O/c1-2-3-11-20(25-17-16-19-9-5-4-6-10-19)18-26-23-14-7-13-22-21(23)12-8-15-24(22)27/h4-10,12-15,20,25-27H,2-3,11,16-18H2,1H3. The Labute approximate surface area is 162 Å². The van der Waals surface area contributed by atoms with Gasteiger partial charge in [-0.2, -0.15) is 0 Å². The lowest BCUT2D eigenvalue weighted by atomic mass is 10.1. The molecule has 0 aliphatic carbocycles. The number of benzene rings is 3. The van der Waals surface area contributed by atoms with E-state index in [1.54, 1.807) is 6.07 Å². The van der Waals surface area contributed by atoms with E-state index in [1.807, 2.05) is 18.2 Å². The van der Waals surface area contributed by atoms with E-state index in [0.29, 0.717) is 11.8 Å². The van der Waals surface area contributed by atoms with Gasteiger partial charge < -0.3 is 15.7 Å². The highest BCUT2D eigenvalue weighted by atomic mass is 16.3. The summed E-state index contributed by atoms with van der Waals surface area (Å²) < 4.78 is 0. The molecule has 1 atom stereocenters. The van der Waals surface area contributed by atoms with Gasteiger partial charge in [-0.05, 0) is 37.1 Å². The van der Waals surface area contributed by atoms with Gasteiger partial charge in [-0.1, -0.05) is 74.4 Å². The predicted molar refractivity (Wildman–Crippen MR) is 116 cm³/mol. The van der Waals surface area contributed by atoms with Crippen molar-refractivity contribution in [2.24, 2.45) is 0 Å². The molecule has 0 fully saturated rings. The predicted octanol–water partition coefficient (Wildman–Crippen LogP) is 5.35. The maximum atomic E-state index is 10.1. The third-order valence-electron chi connectivity index (χ3n) is 5.03. The van der Waals surface area contributed by atoms with Crippen molar-refractivity contribution in [1.82, 2.24) is 5.32 Å². The summed E-state index contributed by atoms with van der Waals surface area (Å²) in [4.78, 5) is 0. The van der Waals surface area contributed by atoms with Crippen molar-refractivity contribution in [2.45, 2.75) is 38.6 Å². The number of hydrogen-bond acceptors (Lipinski definition) is 3. The average molecular weight is 363 g/mol. The Hall–Kier alpha value is -2.52. The largest absolute Gasteiger partial charge is 0.507 e. The van der Waals surface area contributed by atoms with Crippen molar-refractivity contribution in [3.63, 3.8) is 0 Å². The molecular weight excluding hydrogens is 332 g/mol. The second-order valence-corrected chi connectivity index (χ2v) is 7.09. The zero-order valence-corrected chi connectivity index (χ0v) is 16.1.